The maximum absolute atomic E-state index is 5.35. The Hall–Kier alpha value is -0.900. The first-order chi connectivity index (χ1) is 7.33. The van der Waals surface area contributed by atoms with Crippen molar-refractivity contribution in [3.8, 4) is 0 Å². The van der Waals surface area contributed by atoms with Gasteiger partial charge in [-0.2, -0.15) is 5.48 Å². The molecule has 3 nitrogen and oxygen atoms in total. The fraction of sp³-hybridized carbons (Fsp3) is 0.500. The van der Waals surface area contributed by atoms with Crippen LogP contribution in [0.25, 0.3) is 0 Å². The standard InChI is InChI=1S/C12H19NO2/c1-3-14-11(2)9-13-15-10-12-7-5-4-6-8-12/h4-8,11,13H,3,9-10H2,1-2H3. The van der Waals surface area contributed by atoms with E-state index in [0.717, 1.165) is 12.2 Å². The smallest absolute Gasteiger partial charge is 0.0933 e. The Morgan fingerprint density at radius 2 is 2.00 bits per heavy atom. The molecule has 0 aliphatic heterocycles. The SMILES string of the molecule is CCOC(C)CNOCc1ccccc1. The molecule has 15 heavy (non-hydrogen) atoms. The van der Waals surface area contributed by atoms with E-state index >= 15 is 0 Å². The van der Waals surface area contributed by atoms with Crippen molar-refractivity contribution in [1.29, 1.82) is 0 Å². The number of hydrogen-bond acceptors (Lipinski definition) is 3. The lowest BCUT2D eigenvalue weighted by Crippen LogP contribution is -2.26. The third-order valence-corrected chi connectivity index (χ3v) is 2.01. The largest absolute Gasteiger partial charge is 0.377 e. The predicted octanol–water partition coefficient (Wildman–Crippen LogP) is 2.13. The molecule has 1 unspecified atom stereocenters. The van der Waals surface area contributed by atoms with Gasteiger partial charge in [0.15, 0.2) is 0 Å². The van der Waals surface area contributed by atoms with Crippen LogP contribution in [-0.2, 0) is 16.2 Å². The van der Waals surface area contributed by atoms with Crippen molar-refractivity contribution in [3.63, 3.8) is 0 Å². The predicted molar refractivity (Wildman–Crippen MR) is 60.3 cm³/mol. The summed E-state index contributed by atoms with van der Waals surface area (Å²) in [6.45, 7) is 6.03. The van der Waals surface area contributed by atoms with E-state index in [1.165, 1.54) is 0 Å². The Bertz CT molecular complexity index is 251. The highest BCUT2D eigenvalue weighted by Crippen LogP contribution is 1.99. The van der Waals surface area contributed by atoms with Gasteiger partial charge in [-0.1, -0.05) is 30.3 Å². The van der Waals surface area contributed by atoms with Gasteiger partial charge in [0.05, 0.1) is 12.7 Å². The summed E-state index contributed by atoms with van der Waals surface area (Å²) < 4.78 is 5.35. The molecule has 0 fully saturated rings. The van der Waals surface area contributed by atoms with Crippen LogP contribution in [0.1, 0.15) is 19.4 Å². The average Bonchev–Trinajstić information content (AvgIpc) is 2.26. The molecular weight excluding hydrogens is 190 g/mol. The third-order valence-electron chi connectivity index (χ3n) is 2.01. The van der Waals surface area contributed by atoms with Crippen molar-refractivity contribution >= 4 is 0 Å². The van der Waals surface area contributed by atoms with Crippen LogP contribution in [0.2, 0.25) is 0 Å². The normalized spacial score (nSPS) is 12.7. The highest BCUT2D eigenvalue weighted by molar-refractivity contribution is 5.13. The number of ether oxygens (including phenoxy) is 1. The lowest BCUT2D eigenvalue weighted by atomic mass is 10.2. The second-order valence-electron chi connectivity index (χ2n) is 3.39. The zero-order chi connectivity index (χ0) is 10.9. The molecule has 0 aliphatic rings. The Morgan fingerprint density at radius 1 is 1.27 bits per heavy atom. The van der Waals surface area contributed by atoms with Gasteiger partial charge in [0, 0.05) is 13.2 Å². The minimum atomic E-state index is 0.186. The molecular formula is C12H19NO2. The first kappa shape index (κ1) is 12.2. The summed E-state index contributed by atoms with van der Waals surface area (Å²) in [7, 11) is 0. The average molecular weight is 209 g/mol. The summed E-state index contributed by atoms with van der Waals surface area (Å²) in [4.78, 5) is 5.31. The lowest BCUT2D eigenvalue weighted by Gasteiger charge is -2.12. The molecule has 0 aliphatic carbocycles. The summed E-state index contributed by atoms with van der Waals surface area (Å²) in [6.07, 6.45) is 0.186. The van der Waals surface area contributed by atoms with Gasteiger partial charge in [0.25, 0.3) is 0 Å². The van der Waals surface area contributed by atoms with Crippen molar-refractivity contribution in [2.75, 3.05) is 13.2 Å². The van der Waals surface area contributed by atoms with Crippen LogP contribution in [0.15, 0.2) is 30.3 Å². The fourth-order valence-corrected chi connectivity index (χ4v) is 1.23. The van der Waals surface area contributed by atoms with Gasteiger partial charge in [0.2, 0.25) is 0 Å². The van der Waals surface area contributed by atoms with Gasteiger partial charge in [-0.05, 0) is 19.4 Å². The molecule has 1 atom stereocenters. The molecule has 0 saturated heterocycles. The lowest BCUT2D eigenvalue weighted by molar-refractivity contribution is -0.0120. The minimum absolute atomic E-state index is 0.186. The summed E-state index contributed by atoms with van der Waals surface area (Å²) in [6, 6.07) is 10.1. The van der Waals surface area contributed by atoms with E-state index in [4.69, 9.17) is 9.57 Å². The van der Waals surface area contributed by atoms with Gasteiger partial charge in [-0.25, -0.2) is 0 Å². The monoisotopic (exact) mass is 209 g/mol. The summed E-state index contributed by atoms with van der Waals surface area (Å²) in [5.41, 5.74) is 4.05. The van der Waals surface area contributed by atoms with Crippen molar-refractivity contribution in [1.82, 2.24) is 5.48 Å². The Kier molecular flexibility index (Phi) is 6.00. The van der Waals surface area contributed by atoms with E-state index in [-0.39, 0.29) is 6.10 Å². The Labute approximate surface area is 91.4 Å². The van der Waals surface area contributed by atoms with E-state index in [9.17, 15) is 0 Å². The molecule has 0 spiro atoms. The van der Waals surface area contributed by atoms with Gasteiger partial charge in [0.1, 0.15) is 0 Å². The van der Waals surface area contributed by atoms with E-state index in [0.29, 0.717) is 13.2 Å². The second-order valence-corrected chi connectivity index (χ2v) is 3.39. The molecule has 0 saturated carbocycles. The van der Waals surface area contributed by atoms with E-state index < -0.39 is 0 Å². The molecule has 1 N–H and O–H groups in total. The highest BCUT2D eigenvalue weighted by atomic mass is 16.6. The van der Waals surface area contributed by atoms with Gasteiger partial charge >= 0.3 is 0 Å². The minimum Gasteiger partial charge on any atom is -0.377 e. The van der Waals surface area contributed by atoms with Crippen LogP contribution in [-0.4, -0.2) is 19.3 Å². The summed E-state index contributed by atoms with van der Waals surface area (Å²) in [5, 5.41) is 0. The van der Waals surface area contributed by atoms with Crippen LogP contribution in [0.3, 0.4) is 0 Å². The number of benzene rings is 1. The first-order valence-corrected chi connectivity index (χ1v) is 5.33. The maximum atomic E-state index is 5.35. The van der Waals surface area contributed by atoms with Crippen molar-refractivity contribution in [2.24, 2.45) is 0 Å². The van der Waals surface area contributed by atoms with Gasteiger partial charge < -0.3 is 4.74 Å². The Morgan fingerprint density at radius 3 is 2.67 bits per heavy atom. The van der Waals surface area contributed by atoms with Crippen LogP contribution >= 0.6 is 0 Å². The zero-order valence-corrected chi connectivity index (χ0v) is 9.40. The fourth-order valence-electron chi connectivity index (χ4n) is 1.23. The number of hydroxylamine groups is 1. The molecule has 3 heteroatoms. The Balaban J connectivity index is 2.07. The van der Waals surface area contributed by atoms with E-state index in [2.05, 4.69) is 5.48 Å². The molecule has 0 amide bonds. The molecule has 1 aromatic rings. The quantitative estimate of drug-likeness (QED) is 0.551. The topological polar surface area (TPSA) is 30.5 Å². The van der Waals surface area contributed by atoms with Crippen molar-refractivity contribution < 1.29 is 9.57 Å². The van der Waals surface area contributed by atoms with E-state index in [1.54, 1.807) is 0 Å². The molecule has 1 aromatic carbocycles. The molecule has 0 radical (unpaired) electrons. The molecule has 0 bridgehead atoms. The molecule has 84 valence electrons. The maximum Gasteiger partial charge on any atom is 0.0933 e. The summed E-state index contributed by atoms with van der Waals surface area (Å²) >= 11 is 0. The van der Waals surface area contributed by atoms with Crippen molar-refractivity contribution in [2.45, 2.75) is 26.6 Å². The molecule has 0 heterocycles. The van der Waals surface area contributed by atoms with Crippen LogP contribution in [0.5, 0.6) is 0 Å². The molecule has 1 rings (SSSR count). The number of rotatable bonds is 7. The van der Waals surface area contributed by atoms with Crippen molar-refractivity contribution in [3.05, 3.63) is 35.9 Å². The van der Waals surface area contributed by atoms with Crippen LogP contribution in [0.4, 0.5) is 0 Å². The molecule has 0 aromatic heterocycles. The first-order valence-electron chi connectivity index (χ1n) is 5.33. The second kappa shape index (κ2) is 7.40. The van der Waals surface area contributed by atoms with Gasteiger partial charge in [-0.3, -0.25) is 4.84 Å². The third kappa shape index (κ3) is 5.52. The highest BCUT2D eigenvalue weighted by Gasteiger charge is 1.99. The number of nitrogens with one attached hydrogen (secondary N) is 1. The van der Waals surface area contributed by atoms with Gasteiger partial charge in [-0.15, -0.1) is 0 Å². The summed E-state index contributed by atoms with van der Waals surface area (Å²) in [5.74, 6) is 0. The zero-order valence-electron chi connectivity index (χ0n) is 9.40. The van der Waals surface area contributed by atoms with E-state index in [1.807, 2.05) is 44.2 Å². The number of hydrogen-bond donors (Lipinski definition) is 1. The van der Waals surface area contributed by atoms with Crippen LogP contribution in [0, 0.1) is 0 Å². The van der Waals surface area contributed by atoms with Crippen LogP contribution < -0.4 is 5.48 Å².